The second kappa shape index (κ2) is 6.82. The summed E-state index contributed by atoms with van der Waals surface area (Å²) in [6.07, 6.45) is 0.789. The minimum atomic E-state index is -0.107. The van der Waals surface area contributed by atoms with Gasteiger partial charge in [0.1, 0.15) is 0 Å². The molecule has 23 heavy (non-hydrogen) atoms. The van der Waals surface area contributed by atoms with Gasteiger partial charge >= 0.3 is 0 Å². The highest BCUT2D eigenvalue weighted by atomic mass is 35.5. The van der Waals surface area contributed by atoms with Gasteiger partial charge in [-0.05, 0) is 44.0 Å². The third-order valence-electron chi connectivity index (χ3n) is 3.28. The van der Waals surface area contributed by atoms with Crippen molar-refractivity contribution in [1.29, 1.82) is 0 Å². The van der Waals surface area contributed by atoms with E-state index in [9.17, 15) is 4.79 Å². The molecule has 0 saturated heterocycles. The Morgan fingerprint density at radius 2 is 2.22 bits per heavy atom. The number of hydrogen-bond donors (Lipinski definition) is 1. The Morgan fingerprint density at radius 1 is 1.39 bits per heavy atom. The van der Waals surface area contributed by atoms with E-state index in [0.717, 1.165) is 16.1 Å². The molecule has 0 bridgehead atoms. The van der Waals surface area contributed by atoms with Gasteiger partial charge in [-0.15, -0.1) is 22.7 Å². The second-order valence-electron chi connectivity index (χ2n) is 5.02. The number of aryl methyl sites for hydroxylation is 2. The number of thiophene rings is 1. The van der Waals surface area contributed by atoms with Crippen molar-refractivity contribution in [3.05, 3.63) is 38.9 Å². The van der Waals surface area contributed by atoms with Gasteiger partial charge in [0.2, 0.25) is 11.1 Å². The Morgan fingerprint density at radius 3 is 2.87 bits per heavy atom. The van der Waals surface area contributed by atoms with Crippen molar-refractivity contribution in [2.45, 2.75) is 26.7 Å². The molecule has 3 aromatic heterocycles. The number of hydrogen-bond acceptors (Lipinski definition) is 6. The van der Waals surface area contributed by atoms with E-state index in [1.165, 1.54) is 16.2 Å². The number of thiazole rings is 1. The maximum Gasteiger partial charge on any atom is 0.229 e. The number of nitrogens with one attached hydrogen (secondary N) is 1. The van der Waals surface area contributed by atoms with Crippen LogP contribution in [-0.2, 0) is 11.2 Å². The second-order valence-corrected chi connectivity index (χ2v) is 7.51. The number of amides is 1. The molecule has 1 amide bonds. The van der Waals surface area contributed by atoms with Crippen LogP contribution < -0.4 is 5.32 Å². The predicted molar refractivity (Wildman–Crippen MR) is 93.4 cm³/mol. The van der Waals surface area contributed by atoms with Crippen LogP contribution in [0.5, 0.6) is 0 Å². The average molecular weight is 368 g/mol. The Bertz CT molecular complexity index is 818. The number of aromatic nitrogens is 2. The van der Waals surface area contributed by atoms with E-state index in [2.05, 4.69) is 28.4 Å². The van der Waals surface area contributed by atoms with Crippen LogP contribution in [0.3, 0.4) is 0 Å². The van der Waals surface area contributed by atoms with E-state index in [4.69, 9.17) is 16.1 Å². The lowest BCUT2D eigenvalue weighted by Crippen LogP contribution is -2.12. The van der Waals surface area contributed by atoms with Crippen molar-refractivity contribution >= 4 is 45.3 Å². The fraction of sp³-hybridized carbons (Fsp3) is 0.267. The normalized spacial score (nSPS) is 10.9. The lowest BCUT2D eigenvalue weighted by Gasteiger charge is -2.01. The molecule has 0 fully saturated rings. The molecule has 0 saturated carbocycles. The number of halogens is 1. The predicted octanol–water partition coefficient (Wildman–Crippen LogP) is 4.70. The average Bonchev–Trinajstić information content (AvgIpc) is 3.20. The van der Waals surface area contributed by atoms with E-state index in [0.29, 0.717) is 23.7 Å². The molecule has 3 aromatic rings. The molecule has 3 rings (SSSR count). The molecule has 8 heteroatoms. The van der Waals surface area contributed by atoms with Crippen LogP contribution in [0, 0.1) is 13.8 Å². The Kier molecular flexibility index (Phi) is 4.79. The van der Waals surface area contributed by atoms with Crippen LogP contribution in [0.1, 0.15) is 22.6 Å². The fourth-order valence-corrected chi connectivity index (χ4v) is 3.97. The van der Waals surface area contributed by atoms with Crippen molar-refractivity contribution in [2.75, 3.05) is 5.32 Å². The molecule has 0 radical (unpaired) electrons. The highest BCUT2D eigenvalue weighted by molar-refractivity contribution is 7.17. The Hall–Kier alpha value is -1.70. The maximum atomic E-state index is 12.0. The summed E-state index contributed by atoms with van der Waals surface area (Å²) in [7, 11) is 0. The Labute approximate surface area is 146 Å². The molecule has 0 spiro atoms. The Balaban J connectivity index is 1.59. The highest BCUT2D eigenvalue weighted by Gasteiger charge is 2.14. The SMILES string of the molecule is Cc1ccc(-c2csc(NC(=O)CCc3c(C)noc3Cl)n2)s1. The molecule has 0 aliphatic heterocycles. The first-order chi connectivity index (χ1) is 11.0. The van der Waals surface area contributed by atoms with Gasteiger partial charge in [-0.2, -0.15) is 0 Å². The fourth-order valence-electron chi connectivity index (χ4n) is 2.08. The maximum absolute atomic E-state index is 12.0. The zero-order valence-electron chi connectivity index (χ0n) is 12.6. The lowest BCUT2D eigenvalue weighted by atomic mass is 10.1. The molecular weight excluding hydrogens is 354 g/mol. The summed E-state index contributed by atoms with van der Waals surface area (Å²) in [4.78, 5) is 18.8. The van der Waals surface area contributed by atoms with E-state index in [-0.39, 0.29) is 11.1 Å². The van der Waals surface area contributed by atoms with Gasteiger partial charge in [-0.3, -0.25) is 4.79 Å². The number of carbonyl (C=O) groups is 1. The molecule has 0 unspecified atom stereocenters. The molecule has 0 aliphatic rings. The van der Waals surface area contributed by atoms with E-state index in [1.807, 2.05) is 11.4 Å². The summed E-state index contributed by atoms with van der Waals surface area (Å²) >= 11 is 8.99. The number of nitrogens with zero attached hydrogens (tertiary/aromatic N) is 2. The zero-order chi connectivity index (χ0) is 16.4. The number of carbonyl (C=O) groups excluding carboxylic acids is 1. The van der Waals surface area contributed by atoms with Crippen molar-refractivity contribution in [3.63, 3.8) is 0 Å². The van der Waals surface area contributed by atoms with Gasteiger partial charge in [0, 0.05) is 22.2 Å². The summed E-state index contributed by atoms with van der Waals surface area (Å²) in [5.74, 6) is -0.107. The van der Waals surface area contributed by atoms with Crippen LogP contribution in [0.2, 0.25) is 5.22 Å². The smallest absolute Gasteiger partial charge is 0.229 e. The monoisotopic (exact) mass is 367 g/mol. The lowest BCUT2D eigenvalue weighted by molar-refractivity contribution is -0.116. The van der Waals surface area contributed by atoms with Crippen molar-refractivity contribution < 1.29 is 9.32 Å². The van der Waals surface area contributed by atoms with Crippen LogP contribution in [-0.4, -0.2) is 16.0 Å². The summed E-state index contributed by atoms with van der Waals surface area (Å²) < 4.78 is 4.87. The van der Waals surface area contributed by atoms with Gasteiger partial charge < -0.3 is 9.84 Å². The molecule has 0 aromatic carbocycles. The summed E-state index contributed by atoms with van der Waals surface area (Å²) in [6, 6.07) is 4.10. The quantitative estimate of drug-likeness (QED) is 0.709. The van der Waals surface area contributed by atoms with Crippen LogP contribution in [0.25, 0.3) is 10.6 Å². The van der Waals surface area contributed by atoms with Crippen molar-refractivity contribution in [1.82, 2.24) is 10.1 Å². The highest BCUT2D eigenvalue weighted by Crippen LogP contribution is 2.30. The third-order valence-corrected chi connectivity index (χ3v) is 5.36. The van der Waals surface area contributed by atoms with Gasteiger partial charge in [-0.25, -0.2) is 4.98 Å². The third kappa shape index (κ3) is 3.80. The molecular formula is C15H14ClN3O2S2. The van der Waals surface area contributed by atoms with E-state index >= 15 is 0 Å². The van der Waals surface area contributed by atoms with Gasteiger partial charge in [0.25, 0.3) is 0 Å². The molecule has 0 atom stereocenters. The van der Waals surface area contributed by atoms with Crippen LogP contribution in [0.15, 0.2) is 22.0 Å². The first-order valence-corrected chi connectivity index (χ1v) is 9.03. The van der Waals surface area contributed by atoms with Gasteiger partial charge in [0.05, 0.1) is 16.3 Å². The number of anilines is 1. The largest absolute Gasteiger partial charge is 0.344 e. The standard InChI is InChI=1S/C15H14ClN3O2S2/c1-8-3-5-12(23-8)11-7-22-15(17-11)18-13(20)6-4-10-9(2)19-21-14(10)16/h3,5,7H,4,6H2,1-2H3,(H,17,18,20). The van der Waals surface area contributed by atoms with Crippen molar-refractivity contribution in [3.8, 4) is 10.6 Å². The summed E-state index contributed by atoms with van der Waals surface area (Å²) in [5.41, 5.74) is 2.38. The van der Waals surface area contributed by atoms with Crippen LogP contribution >= 0.6 is 34.3 Å². The first kappa shape index (κ1) is 16.2. The van der Waals surface area contributed by atoms with Gasteiger partial charge in [0.15, 0.2) is 5.13 Å². The van der Waals surface area contributed by atoms with Crippen molar-refractivity contribution in [2.24, 2.45) is 0 Å². The number of rotatable bonds is 5. The molecule has 120 valence electrons. The molecule has 0 aliphatic carbocycles. The minimum absolute atomic E-state index is 0.107. The van der Waals surface area contributed by atoms with E-state index in [1.54, 1.807) is 18.3 Å². The first-order valence-electron chi connectivity index (χ1n) is 6.96. The molecule has 3 heterocycles. The van der Waals surface area contributed by atoms with E-state index < -0.39 is 0 Å². The van der Waals surface area contributed by atoms with Crippen LogP contribution in [0.4, 0.5) is 5.13 Å². The molecule has 5 nitrogen and oxygen atoms in total. The minimum Gasteiger partial charge on any atom is -0.344 e. The van der Waals surface area contributed by atoms with Gasteiger partial charge in [-0.1, -0.05) is 5.16 Å². The summed E-state index contributed by atoms with van der Waals surface area (Å²) in [6.45, 7) is 3.86. The summed E-state index contributed by atoms with van der Waals surface area (Å²) in [5, 5.41) is 9.39. The molecule has 1 N–H and O–H groups in total. The zero-order valence-corrected chi connectivity index (χ0v) is 14.9. The topological polar surface area (TPSA) is 68.0 Å².